The third kappa shape index (κ3) is 4.01. The average Bonchev–Trinajstić information content (AvgIpc) is 3.02. The summed E-state index contributed by atoms with van der Waals surface area (Å²) < 4.78 is 10.4. The molecule has 2 aromatic rings. The molecule has 0 spiro atoms. The molecular formula is C14H19N5O3. The Kier molecular flexibility index (Phi) is 5.05. The second kappa shape index (κ2) is 6.99. The second-order valence-corrected chi connectivity index (χ2v) is 5.18. The van der Waals surface area contributed by atoms with Crippen molar-refractivity contribution in [2.24, 2.45) is 0 Å². The van der Waals surface area contributed by atoms with Gasteiger partial charge in [0.15, 0.2) is 5.82 Å². The smallest absolute Gasteiger partial charge is 0.252 e. The molecule has 0 atom stereocenters. The third-order valence-electron chi connectivity index (χ3n) is 2.98. The number of amides is 1. The van der Waals surface area contributed by atoms with Crippen molar-refractivity contribution in [3.63, 3.8) is 0 Å². The molecule has 2 N–H and O–H groups in total. The van der Waals surface area contributed by atoms with E-state index >= 15 is 0 Å². The Morgan fingerprint density at radius 3 is 2.86 bits per heavy atom. The molecule has 1 amide bonds. The lowest BCUT2D eigenvalue weighted by molar-refractivity contribution is 0.0907. The van der Waals surface area contributed by atoms with Crippen molar-refractivity contribution in [3.8, 4) is 5.75 Å². The summed E-state index contributed by atoms with van der Waals surface area (Å²) in [6.45, 7) is 4.51. The highest BCUT2D eigenvalue weighted by molar-refractivity contribution is 5.95. The van der Waals surface area contributed by atoms with E-state index in [1.54, 1.807) is 45.2 Å². The number of nitrogens with one attached hydrogen (secondary N) is 2. The predicted octanol–water partition coefficient (Wildman–Crippen LogP) is 0.890. The number of hydrogen-bond donors (Lipinski definition) is 2. The zero-order valence-electron chi connectivity index (χ0n) is 12.8. The average molecular weight is 305 g/mol. The van der Waals surface area contributed by atoms with E-state index in [1.165, 1.54) is 0 Å². The van der Waals surface area contributed by atoms with Crippen molar-refractivity contribution in [1.82, 2.24) is 25.9 Å². The summed E-state index contributed by atoms with van der Waals surface area (Å²) >= 11 is 0. The highest BCUT2D eigenvalue weighted by Gasteiger charge is 2.27. The van der Waals surface area contributed by atoms with Gasteiger partial charge in [-0.05, 0) is 32.0 Å². The standard InChI is InChI=1S/C14H19N5O3/c1-14(2,13-16-18-19-17-13)15-12(20)10-5-4-6-11(9-10)22-8-7-21-3/h4-6,9H,7-8H2,1-3H3,(H,15,20)(H,16,17,18,19). The van der Waals surface area contributed by atoms with Crippen LogP contribution in [0.3, 0.4) is 0 Å². The molecule has 0 unspecified atom stereocenters. The summed E-state index contributed by atoms with van der Waals surface area (Å²) in [5.74, 6) is 0.780. The molecule has 0 aliphatic rings. The van der Waals surface area contributed by atoms with Gasteiger partial charge < -0.3 is 14.8 Å². The van der Waals surface area contributed by atoms with E-state index in [-0.39, 0.29) is 5.91 Å². The number of H-pyrrole nitrogens is 1. The van der Waals surface area contributed by atoms with Gasteiger partial charge >= 0.3 is 0 Å². The van der Waals surface area contributed by atoms with Crippen LogP contribution >= 0.6 is 0 Å². The molecule has 0 fully saturated rings. The number of nitrogens with zero attached hydrogens (tertiary/aromatic N) is 3. The Hall–Kier alpha value is -2.48. The third-order valence-corrected chi connectivity index (χ3v) is 2.98. The van der Waals surface area contributed by atoms with Gasteiger partial charge in [-0.2, -0.15) is 5.21 Å². The van der Waals surface area contributed by atoms with Gasteiger partial charge in [-0.1, -0.05) is 11.3 Å². The Balaban J connectivity index is 2.05. The maximum absolute atomic E-state index is 12.4. The lowest BCUT2D eigenvalue weighted by Gasteiger charge is -2.22. The highest BCUT2D eigenvalue weighted by Crippen LogP contribution is 2.17. The number of tetrazole rings is 1. The number of carbonyl (C=O) groups excluding carboxylic acids is 1. The van der Waals surface area contributed by atoms with Crippen molar-refractivity contribution < 1.29 is 14.3 Å². The number of rotatable bonds is 7. The zero-order chi connectivity index (χ0) is 16.0. The summed E-state index contributed by atoms with van der Waals surface area (Å²) in [4.78, 5) is 12.4. The minimum atomic E-state index is -0.739. The largest absolute Gasteiger partial charge is 0.491 e. The zero-order valence-corrected chi connectivity index (χ0v) is 12.8. The van der Waals surface area contributed by atoms with E-state index in [0.717, 1.165) is 0 Å². The minimum absolute atomic E-state index is 0.244. The maximum Gasteiger partial charge on any atom is 0.252 e. The summed E-state index contributed by atoms with van der Waals surface area (Å²) in [5, 5.41) is 16.5. The molecule has 0 saturated carbocycles. The number of aromatic nitrogens is 4. The van der Waals surface area contributed by atoms with Crippen LogP contribution in [0.2, 0.25) is 0 Å². The van der Waals surface area contributed by atoms with E-state index in [4.69, 9.17) is 9.47 Å². The van der Waals surface area contributed by atoms with Gasteiger partial charge in [0.2, 0.25) is 0 Å². The molecule has 1 aromatic carbocycles. The molecule has 1 heterocycles. The molecule has 0 saturated heterocycles. The Labute approximate surface area is 128 Å². The molecule has 8 nitrogen and oxygen atoms in total. The topological polar surface area (TPSA) is 102 Å². The van der Waals surface area contributed by atoms with Crippen LogP contribution in [0.4, 0.5) is 0 Å². The Morgan fingerprint density at radius 2 is 2.18 bits per heavy atom. The number of carbonyl (C=O) groups is 1. The number of ether oxygens (including phenoxy) is 2. The molecule has 0 aliphatic heterocycles. The molecule has 8 heteroatoms. The fraction of sp³-hybridized carbons (Fsp3) is 0.429. The summed E-state index contributed by atoms with van der Waals surface area (Å²) in [6, 6.07) is 6.94. The molecule has 2 rings (SSSR count). The van der Waals surface area contributed by atoms with Crippen LogP contribution < -0.4 is 10.1 Å². The van der Waals surface area contributed by atoms with Crippen LogP contribution in [0.1, 0.15) is 30.0 Å². The minimum Gasteiger partial charge on any atom is -0.491 e. The van der Waals surface area contributed by atoms with Gasteiger partial charge in [-0.3, -0.25) is 4.79 Å². The normalized spacial score (nSPS) is 11.2. The van der Waals surface area contributed by atoms with Gasteiger partial charge in [-0.25, -0.2) is 0 Å². The van der Waals surface area contributed by atoms with E-state index in [1.807, 2.05) is 0 Å². The van der Waals surface area contributed by atoms with E-state index in [9.17, 15) is 4.79 Å². The highest BCUT2D eigenvalue weighted by atomic mass is 16.5. The van der Waals surface area contributed by atoms with Crippen LogP contribution in [0, 0.1) is 0 Å². The van der Waals surface area contributed by atoms with Crippen molar-refractivity contribution in [1.29, 1.82) is 0 Å². The molecule has 0 bridgehead atoms. The van der Waals surface area contributed by atoms with Gasteiger partial charge in [-0.15, -0.1) is 10.2 Å². The second-order valence-electron chi connectivity index (χ2n) is 5.18. The monoisotopic (exact) mass is 305 g/mol. The summed E-state index contributed by atoms with van der Waals surface area (Å²) in [5.41, 5.74) is -0.247. The van der Waals surface area contributed by atoms with Gasteiger partial charge in [0, 0.05) is 12.7 Å². The molecule has 118 valence electrons. The molecule has 0 aliphatic carbocycles. The van der Waals surface area contributed by atoms with Gasteiger partial charge in [0.05, 0.1) is 12.1 Å². The molecule has 22 heavy (non-hydrogen) atoms. The fourth-order valence-electron chi connectivity index (χ4n) is 1.81. The number of hydrogen-bond acceptors (Lipinski definition) is 6. The first-order chi connectivity index (χ1) is 10.5. The van der Waals surface area contributed by atoms with Crippen molar-refractivity contribution >= 4 is 5.91 Å². The number of aromatic amines is 1. The number of benzene rings is 1. The van der Waals surface area contributed by atoms with Crippen LogP contribution in [-0.2, 0) is 10.3 Å². The van der Waals surface area contributed by atoms with Crippen molar-refractivity contribution in [2.45, 2.75) is 19.4 Å². The van der Waals surface area contributed by atoms with Crippen molar-refractivity contribution in [2.75, 3.05) is 20.3 Å². The van der Waals surface area contributed by atoms with Crippen LogP contribution in [0.15, 0.2) is 24.3 Å². The molecule has 0 radical (unpaired) electrons. The van der Waals surface area contributed by atoms with Gasteiger partial charge in [0.25, 0.3) is 5.91 Å². The lowest BCUT2D eigenvalue weighted by Crippen LogP contribution is -2.41. The summed E-state index contributed by atoms with van der Waals surface area (Å²) in [7, 11) is 1.60. The van der Waals surface area contributed by atoms with Crippen LogP contribution in [0.5, 0.6) is 5.75 Å². The first-order valence-electron chi connectivity index (χ1n) is 6.81. The maximum atomic E-state index is 12.4. The Bertz CT molecular complexity index is 613. The SMILES string of the molecule is COCCOc1cccc(C(=O)NC(C)(C)c2nn[nH]n2)c1. The number of methoxy groups -OCH3 is 1. The van der Waals surface area contributed by atoms with E-state index < -0.39 is 5.54 Å². The predicted molar refractivity (Wildman–Crippen MR) is 78.5 cm³/mol. The molecule has 1 aromatic heterocycles. The quantitative estimate of drug-likeness (QED) is 0.737. The summed E-state index contributed by atoms with van der Waals surface area (Å²) in [6.07, 6.45) is 0. The van der Waals surface area contributed by atoms with Crippen LogP contribution in [0.25, 0.3) is 0 Å². The fourth-order valence-corrected chi connectivity index (χ4v) is 1.81. The first kappa shape index (κ1) is 15.9. The van der Waals surface area contributed by atoms with Crippen molar-refractivity contribution in [3.05, 3.63) is 35.7 Å². The Morgan fingerprint density at radius 1 is 1.36 bits per heavy atom. The molecular weight excluding hydrogens is 286 g/mol. The lowest BCUT2D eigenvalue weighted by atomic mass is 10.0. The first-order valence-corrected chi connectivity index (χ1v) is 6.81. The van der Waals surface area contributed by atoms with E-state index in [2.05, 4.69) is 25.9 Å². The van der Waals surface area contributed by atoms with Crippen LogP contribution in [-0.4, -0.2) is 46.9 Å². The van der Waals surface area contributed by atoms with E-state index in [0.29, 0.717) is 30.4 Å². The van der Waals surface area contributed by atoms with Gasteiger partial charge in [0.1, 0.15) is 12.4 Å².